The first-order chi connectivity index (χ1) is 23.1. The van der Waals surface area contributed by atoms with Gasteiger partial charge < -0.3 is 24.7 Å². The Morgan fingerprint density at radius 1 is 1.02 bits per heavy atom. The molecule has 1 amide bonds. The Morgan fingerprint density at radius 3 is 2.36 bits per heavy atom. The van der Waals surface area contributed by atoms with Gasteiger partial charge in [-0.05, 0) is 81.5 Å². The molecule has 50 heavy (non-hydrogen) atoms. The molecule has 1 atom stereocenters. The van der Waals surface area contributed by atoms with Crippen molar-refractivity contribution in [3.63, 3.8) is 0 Å². The van der Waals surface area contributed by atoms with Crippen LogP contribution in [0, 0.1) is 20.8 Å². The second-order valence-corrected chi connectivity index (χ2v) is 14.2. The summed E-state index contributed by atoms with van der Waals surface area (Å²) in [5.74, 6) is -1.75. The number of hydrogen-bond donors (Lipinski definition) is 1. The van der Waals surface area contributed by atoms with Gasteiger partial charge in [0.05, 0.1) is 38.2 Å². The number of carboxylic acids is 1. The molecule has 264 valence electrons. The number of para-hydroxylation sites is 2. The van der Waals surface area contributed by atoms with Gasteiger partial charge >= 0.3 is 35.7 Å². The van der Waals surface area contributed by atoms with Gasteiger partial charge in [0.1, 0.15) is 11.5 Å². The van der Waals surface area contributed by atoms with Crippen molar-refractivity contribution in [2.45, 2.75) is 68.4 Å². The maximum absolute atomic E-state index is 14.3. The van der Waals surface area contributed by atoms with Gasteiger partial charge in [0, 0.05) is 24.3 Å². The van der Waals surface area contributed by atoms with E-state index < -0.39 is 45.5 Å². The zero-order valence-electron chi connectivity index (χ0n) is 27.8. The molecule has 1 N–H and O–H groups in total. The molecule has 0 aliphatic rings. The van der Waals surface area contributed by atoms with E-state index >= 15 is 0 Å². The Balaban J connectivity index is 0.00000676. The van der Waals surface area contributed by atoms with Crippen LogP contribution in [0.4, 0.5) is 13.2 Å². The number of fused-ring (bicyclic) bond motifs is 1. The number of amides is 1. The van der Waals surface area contributed by atoms with Gasteiger partial charge in [0.2, 0.25) is 5.16 Å². The standard InChI is InChI=1S/C32H35F3N4O8S2.Na/c1-20-15-23(46-17-28(40)37-13-8-4-5-11-29(41)42)16-21(2)30(20)49(44,45)39-26-10-7-6-9-24(26)38-31(39)48(43)18-25-22(3)27(12-14-36-25)47-19-32(33,34)35;/h6-7,9-10,12,14-16H,4-5,8,11,13,17-19H2,1-3H3,(H,37,40)(H,41,42);/q;+1/p-1. The number of carbonyl (C=O) groups excluding carboxylic acids is 2. The summed E-state index contributed by atoms with van der Waals surface area (Å²) < 4.78 is 92.1. The molecule has 18 heteroatoms. The minimum atomic E-state index is -4.57. The van der Waals surface area contributed by atoms with Crippen LogP contribution in [0.5, 0.6) is 11.5 Å². The van der Waals surface area contributed by atoms with Gasteiger partial charge in [0.25, 0.3) is 15.9 Å². The number of alkyl halides is 3. The van der Waals surface area contributed by atoms with E-state index in [0.29, 0.717) is 25.8 Å². The fourth-order valence-electron chi connectivity index (χ4n) is 5.06. The van der Waals surface area contributed by atoms with Gasteiger partial charge in [-0.15, -0.1) is 0 Å². The van der Waals surface area contributed by atoms with E-state index in [-0.39, 0.29) is 103 Å². The van der Waals surface area contributed by atoms with Crippen LogP contribution in [0.3, 0.4) is 0 Å². The van der Waals surface area contributed by atoms with Gasteiger partial charge in [-0.3, -0.25) is 14.0 Å². The smallest absolute Gasteiger partial charge is 0.550 e. The molecule has 0 spiro atoms. The Bertz CT molecular complexity index is 1960. The van der Waals surface area contributed by atoms with Crippen LogP contribution in [0.25, 0.3) is 11.0 Å². The minimum Gasteiger partial charge on any atom is -0.550 e. The van der Waals surface area contributed by atoms with Crippen molar-refractivity contribution in [3.8, 4) is 11.5 Å². The Labute approximate surface area is 311 Å². The molecular weight excluding hydrogens is 712 g/mol. The molecule has 0 radical (unpaired) electrons. The van der Waals surface area contributed by atoms with Crippen molar-refractivity contribution < 1.29 is 79.5 Å². The molecule has 0 saturated carbocycles. The largest absolute Gasteiger partial charge is 1.00 e. The summed E-state index contributed by atoms with van der Waals surface area (Å²) in [7, 11) is -6.59. The number of aromatic nitrogens is 3. The number of nitrogens with zero attached hydrogens (tertiary/aromatic N) is 3. The first-order valence-corrected chi connectivity index (χ1v) is 17.8. The predicted molar refractivity (Wildman–Crippen MR) is 171 cm³/mol. The van der Waals surface area contributed by atoms with Crippen molar-refractivity contribution in [3.05, 3.63) is 71.0 Å². The maximum Gasteiger partial charge on any atom is 1.00 e. The average molecular weight is 747 g/mol. The number of nitrogens with one attached hydrogen (secondary N) is 1. The summed E-state index contributed by atoms with van der Waals surface area (Å²) in [6.45, 7) is 3.04. The second kappa shape index (κ2) is 17.6. The van der Waals surface area contributed by atoms with E-state index in [1.54, 1.807) is 32.0 Å². The average Bonchev–Trinajstić information content (AvgIpc) is 3.42. The molecule has 2 heterocycles. The number of unbranched alkanes of at least 4 members (excludes halogenated alkanes) is 2. The molecule has 1 unspecified atom stereocenters. The molecule has 4 aromatic rings. The molecule has 0 saturated heterocycles. The van der Waals surface area contributed by atoms with Gasteiger partial charge in [-0.2, -0.15) is 13.2 Å². The zero-order chi connectivity index (χ0) is 35.9. The van der Waals surface area contributed by atoms with E-state index in [1.807, 2.05) is 0 Å². The van der Waals surface area contributed by atoms with E-state index in [0.717, 1.165) is 3.97 Å². The van der Waals surface area contributed by atoms with Gasteiger partial charge in [-0.25, -0.2) is 17.4 Å². The van der Waals surface area contributed by atoms with Gasteiger partial charge in [0.15, 0.2) is 13.2 Å². The third kappa shape index (κ3) is 10.5. The summed E-state index contributed by atoms with van der Waals surface area (Å²) in [5.41, 5.74) is 1.34. The fourth-order valence-corrected chi connectivity index (χ4v) is 8.53. The number of halogens is 3. The number of carboxylic acid groups (broad SMARTS) is 1. The van der Waals surface area contributed by atoms with E-state index in [1.165, 1.54) is 37.4 Å². The third-order valence-corrected chi connectivity index (χ3v) is 10.6. The first kappa shape index (κ1) is 40.9. The van der Waals surface area contributed by atoms with Crippen molar-refractivity contribution in [2.75, 3.05) is 19.8 Å². The van der Waals surface area contributed by atoms with Crippen LogP contribution in [0.1, 0.15) is 48.1 Å². The molecule has 2 aromatic heterocycles. The molecule has 0 aliphatic heterocycles. The summed E-state index contributed by atoms with van der Waals surface area (Å²) in [6, 6.07) is 10.5. The van der Waals surface area contributed by atoms with Crippen LogP contribution < -0.4 is 49.5 Å². The second-order valence-electron chi connectivity index (χ2n) is 11.1. The molecular formula is C32H34F3N4NaO8S2. The van der Waals surface area contributed by atoms with Crippen molar-refractivity contribution in [1.29, 1.82) is 0 Å². The number of ether oxygens (including phenoxy) is 2. The topological polar surface area (TPSA) is 170 Å². The minimum absolute atomic E-state index is 0. The van der Waals surface area contributed by atoms with Crippen LogP contribution >= 0.6 is 0 Å². The summed E-state index contributed by atoms with van der Waals surface area (Å²) >= 11 is 0. The number of aliphatic carboxylic acids is 1. The monoisotopic (exact) mass is 746 g/mol. The molecule has 4 rings (SSSR count). The fraction of sp³-hybridized carbons (Fsp3) is 0.375. The molecule has 2 aromatic carbocycles. The van der Waals surface area contributed by atoms with Crippen LogP contribution in [0.15, 0.2) is 58.7 Å². The number of imidazole rings is 1. The quantitative estimate of drug-likeness (QED) is 0.127. The van der Waals surface area contributed by atoms with Gasteiger partial charge in [-0.1, -0.05) is 18.6 Å². The molecule has 12 nitrogen and oxygen atoms in total. The zero-order valence-corrected chi connectivity index (χ0v) is 31.5. The SMILES string of the molecule is Cc1cc(OCC(=O)NCCCCCC(=O)[O-])cc(C)c1S(=O)(=O)n1c(S(=O)Cc2nccc(OCC(F)(F)F)c2C)nc2ccccc21.[Na+]. The number of hydrogen-bond acceptors (Lipinski definition) is 10. The van der Waals surface area contributed by atoms with Crippen molar-refractivity contribution in [2.24, 2.45) is 0 Å². The number of pyridine rings is 1. The third-order valence-electron chi connectivity index (χ3n) is 7.29. The molecule has 0 bridgehead atoms. The maximum atomic E-state index is 14.3. The number of rotatable bonds is 16. The summed E-state index contributed by atoms with van der Waals surface area (Å²) in [4.78, 5) is 31.2. The first-order valence-electron chi connectivity index (χ1n) is 15.0. The van der Waals surface area contributed by atoms with Crippen LogP contribution in [-0.4, -0.2) is 64.4 Å². The van der Waals surface area contributed by atoms with Crippen molar-refractivity contribution in [1.82, 2.24) is 19.3 Å². The summed E-state index contributed by atoms with van der Waals surface area (Å²) in [5, 5.41) is 12.8. The molecule has 0 aliphatic carbocycles. The predicted octanol–water partition coefficient (Wildman–Crippen LogP) is 0.652. The Hall–Kier alpha value is -3.51. The summed E-state index contributed by atoms with van der Waals surface area (Å²) in [6.07, 6.45) is -1.76. The Morgan fingerprint density at radius 2 is 1.70 bits per heavy atom. The number of carbonyl (C=O) groups is 2. The van der Waals surface area contributed by atoms with Crippen LogP contribution in [0.2, 0.25) is 0 Å². The normalized spacial score (nSPS) is 12.3. The van der Waals surface area contributed by atoms with Crippen LogP contribution in [-0.2, 0) is 36.2 Å². The van der Waals surface area contributed by atoms with E-state index in [9.17, 15) is 40.5 Å². The van der Waals surface area contributed by atoms with E-state index in [2.05, 4.69) is 15.3 Å². The number of aryl methyl sites for hydroxylation is 2. The molecule has 0 fully saturated rings. The Kier molecular flexibility index (Phi) is 14.4. The number of benzene rings is 2. The van der Waals surface area contributed by atoms with E-state index in [4.69, 9.17) is 9.47 Å². The van der Waals surface area contributed by atoms with Crippen molar-refractivity contribution >= 4 is 43.7 Å².